The van der Waals surface area contributed by atoms with Crippen molar-refractivity contribution in [1.29, 1.82) is 0 Å². The summed E-state index contributed by atoms with van der Waals surface area (Å²) >= 11 is 0. The Balaban J connectivity index is 1.26. The lowest BCUT2D eigenvalue weighted by Crippen LogP contribution is -2.59. The Morgan fingerprint density at radius 3 is 2.54 bits per heavy atom. The van der Waals surface area contributed by atoms with Gasteiger partial charge in [0.2, 0.25) is 0 Å². The molecule has 0 aromatic heterocycles. The second-order valence-corrected chi connectivity index (χ2v) is 12.1. The Kier molecular flexibility index (Phi) is 6.77. The molecule has 0 aromatic carbocycles. The van der Waals surface area contributed by atoms with Gasteiger partial charge in [-0.05, 0) is 79.6 Å². The fraction of sp³-hybridized carbons (Fsp3) is 0.852. The maximum Gasteiger partial charge on any atom is 0.187 e. The van der Waals surface area contributed by atoms with Crippen LogP contribution in [-0.2, 0) is 19.1 Å². The smallest absolute Gasteiger partial charge is 0.187 e. The Morgan fingerprint density at radius 1 is 1.03 bits per heavy atom. The number of carbonyl (C=O) groups is 2. The lowest BCUT2D eigenvalue weighted by Gasteiger charge is -2.58. The molecule has 35 heavy (non-hydrogen) atoms. The van der Waals surface area contributed by atoms with Gasteiger partial charge in [-0.2, -0.15) is 0 Å². The number of aliphatic hydroxyl groups excluding tert-OH is 4. The van der Waals surface area contributed by atoms with Crippen molar-refractivity contribution < 1.29 is 39.5 Å². The number of ether oxygens (including phenoxy) is 2. The summed E-state index contributed by atoms with van der Waals surface area (Å²) in [5.41, 5.74) is 1.35. The van der Waals surface area contributed by atoms with Crippen molar-refractivity contribution in [3.8, 4) is 0 Å². The van der Waals surface area contributed by atoms with E-state index in [2.05, 4.69) is 13.8 Å². The number of hydrogen-bond donors (Lipinski definition) is 4. The van der Waals surface area contributed by atoms with Crippen molar-refractivity contribution in [3.05, 3.63) is 11.6 Å². The zero-order valence-electron chi connectivity index (χ0n) is 20.8. The van der Waals surface area contributed by atoms with Gasteiger partial charge in [0.15, 0.2) is 17.9 Å². The normalized spacial score (nSPS) is 49.6. The van der Waals surface area contributed by atoms with Crippen LogP contribution < -0.4 is 0 Å². The predicted octanol–water partition coefficient (Wildman–Crippen LogP) is 1.52. The second-order valence-electron chi connectivity index (χ2n) is 12.1. The molecule has 3 saturated carbocycles. The van der Waals surface area contributed by atoms with Crippen molar-refractivity contribution in [3.63, 3.8) is 0 Å². The highest BCUT2D eigenvalue weighted by Crippen LogP contribution is 2.66. The first-order valence-electron chi connectivity index (χ1n) is 13.3. The first-order valence-corrected chi connectivity index (χ1v) is 13.3. The summed E-state index contributed by atoms with van der Waals surface area (Å²) in [7, 11) is 0. The third-order valence-corrected chi connectivity index (χ3v) is 10.6. The van der Waals surface area contributed by atoms with Crippen LogP contribution in [0.2, 0.25) is 0 Å². The molecule has 8 nitrogen and oxygen atoms in total. The van der Waals surface area contributed by atoms with Gasteiger partial charge in [0.25, 0.3) is 0 Å². The van der Waals surface area contributed by atoms with E-state index < -0.39 is 37.3 Å². The van der Waals surface area contributed by atoms with E-state index in [4.69, 9.17) is 9.47 Å². The molecule has 4 N–H and O–H groups in total. The second kappa shape index (κ2) is 9.30. The van der Waals surface area contributed by atoms with Crippen molar-refractivity contribution >= 4 is 11.6 Å². The van der Waals surface area contributed by atoms with E-state index in [1.54, 1.807) is 0 Å². The van der Waals surface area contributed by atoms with Crippen molar-refractivity contribution in [2.45, 2.75) is 95.9 Å². The molecular formula is C27H40O8. The Bertz CT molecular complexity index is 884. The van der Waals surface area contributed by atoms with Crippen molar-refractivity contribution in [2.24, 2.45) is 34.5 Å². The summed E-state index contributed by atoms with van der Waals surface area (Å²) < 4.78 is 11.0. The van der Waals surface area contributed by atoms with Crippen LogP contribution >= 0.6 is 0 Å². The fourth-order valence-corrected chi connectivity index (χ4v) is 8.56. The van der Waals surface area contributed by atoms with E-state index in [0.29, 0.717) is 24.2 Å². The Morgan fingerprint density at radius 2 is 1.80 bits per heavy atom. The van der Waals surface area contributed by atoms with E-state index in [1.807, 2.05) is 6.08 Å². The molecule has 196 valence electrons. The quantitative estimate of drug-likeness (QED) is 0.454. The topological polar surface area (TPSA) is 134 Å². The van der Waals surface area contributed by atoms with E-state index in [0.717, 1.165) is 44.9 Å². The molecule has 0 amide bonds. The van der Waals surface area contributed by atoms with Gasteiger partial charge in [-0.25, -0.2) is 0 Å². The number of carbonyl (C=O) groups excluding carboxylic acids is 2. The zero-order valence-corrected chi connectivity index (χ0v) is 20.8. The first kappa shape index (κ1) is 25.5. The van der Waals surface area contributed by atoms with Crippen LogP contribution in [0, 0.1) is 34.5 Å². The highest BCUT2D eigenvalue weighted by molar-refractivity contribution is 5.91. The summed E-state index contributed by atoms with van der Waals surface area (Å²) in [5, 5.41) is 39.5. The molecule has 4 aliphatic carbocycles. The number of rotatable bonds is 5. The molecular weight excluding hydrogens is 452 g/mol. The number of allylic oxidation sites excluding steroid dienone is 1. The van der Waals surface area contributed by atoms with Crippen LogP contribution in [0.15, 0.2) is 11.6 Å². The minimum absolute atomic E-state index is 0.0173. The number of fused-ring (bicyclic) bond motifs is 5. The molecule has 5 rings (SSSR count). The zero-order chi connectivity index (χ0) is 25.1. The van der Waals surface area contributed by atoms with Crippen molar-refractivity contribution in [2.75, 3.05) is 13.2 Å². The number of hydrogen-bond acceptors (Lipinski definition) is 8. The minimum atomic E-state index is -1.52. The van der Waals surface area contributed by atoms with E-state index in [-0.39, 0.29) is 34.9 Å². The van der Waals surface area contributed by atoms with E-state index in [9.17, 15) is 30.0 Å². The molecule has 8 heteroatoms. The van der Waals surface area contributed by atoms with Gasteiger partial charge in [0.1, 0.15) is 31.0 Å². The Labute approximate surface area is 206 Å². The average molecular weight is 493 g/mol. The summed E-state index contributed by atoms with van der Waals surface area (Å²) in [6, 6.07) is 0. The molecule has 0 unspecified atom stereocenters. The van der Waals surface area contributed by atoms with Gasteiger partial charge in [-0.3, -0.25) is 9.59 Å². The predicted molar refractivity (Wildman–Crippen MR) is 125 cm³/mol. The van der Waals surface area contributed by atoms with Crippen LogP contribution in [-0.4, -0.2) is 75.9 Å². The fourth-order valence-electron chi connectivity index (χ4n) is 8.56. The molecule has 1 heterocycles. The van der Waals surface area contributed by atoms with Gasteiger partial charge in [-0.15, -0.1) is 0 Å². The van der Waals surface area contributed by atoms with Crippen LogP contribution in [0.4, 0.5) is 0 Å². The summed E-state index contributed by atoms with van der Waals surface area (Å²) in [5.74, 6) is 1.72. The SMILES string of the molecule is C[C@]12CC[C@@H]3[C@H](CCC4=CC(=O)CC[C@@]43C)[C@H]1CC[C@H]2C(=O)CO[C@H]1O[C@@H](CO)[C@H](O)[C@@H](O)[C@@H]1O. The average Bonchev–Trinajstić information content (AvgIpc) is 3.20. The standard InChI is InChI=1S/C27H40O8/c1-26-9-7-15(29)11-14(26)3-4-16-17-5-6-19(27(17,2)10-8-18(16)26)20(30)13-34-25-24(33)23(32)22(31)21(12-28)35-25/h11,16-19,21-25,28,31-33H,3-10,12-13H2,1-2H3/t16-,17-,18-,19+,21+,22+,23-,24+,25+,26+,27+/m1/s1. The molecule has 1 saturated heterocycles. The molecule has 0 bridgehead atoms. The summed E-state index contributed by atoms with van der Waals surface area (Å²) in [6.45, 7) is 3.84. The molecule has 4 fully saturated rings. The van der Waals surface area contributed by atoms with Gasteiger partial charge >= 0.3 is 0 Å². The maximum atomic E-state index is 13.4. The van der Waals surface area contributed by atoms with Gasteiger partial charge in [-0.1, -0.05) is 19.4 Å². The number of ketones is 2. The third kappa shape index (κ3) is 4.05. The van der Waals surface area contributed by atoms with Crippen LogP contribution in [0.1, 0.15) is 65.2 Å². The highest BCUT2D eigenvalue weighted by Gasteiger charge is 2.60. The number of Topliss-reactive ketones (excluding diaryl/α,β-unsaturated/α-hetero) is 1. The van der Waals surface area contributed by atoms with Crippen LogP contribution in [0.3, 0.4) is 0 Å². The molecule has 0 spiro atoms. The summed E-state index contributed by atoms with van der Waals surface area (Å²) in [6.07, 6.45) is 2.63. The molecule has 1 aliphatic heterocycles. The molecule has 0 radical (unpaired) electrons. The lowest BCUT2D eigenvalue weighted by atomic mass is 9.46. The molecule has 5 aliphatic rings. The monoisotopic (exact) mass is 492 g/mol. The summed E-state index contributed by atoms with van der Waals surface area (Å²) in [4.78, 5) is 25.4. The van der Waals surface area contributed by atoms with Gasteiger partial charge < -0.3 is 29.9 Å². The maximum absolute atomic E-state index is 13.4. The lowest BCUT2D eigenvalue weighted by molar-refractivity contribution is -0.299. The van der Waals surface area contributed by atoms with Gasteiger partial charge in [0, 0.05) is 12.3 Å². The third-order valence-electron chi connectivity index (χ3n) is 10.6. The highest BCUT2D eigenvalue weighted by atomic mass is 16.7. The van der Waals surface area contributed by atoms with Gasteiger partial charge in [0.05, 0.1) is 6.61 Å². The largest absolute Gasteiger partial charge is 0.394 e. The Hall–Kier alpha value is -1.16. The van der Waals surface area contributed by atoms with E-state index in [1.165, 1.54) is 5.57 Å². The number of aliphatic hydroxyl groups is 4. The minimum Gasteiger partial charge on any atom is -0.394 e. The molecule has 11 atom stereocenters. The van der Waals surface area contributed by atoms with Crippen molar-refractivity contribution in [1.82, 2.24) is 0 Å². The van der Waals surface area contributed by atoms with Crippen LogP contribution in [0.5, 0.6) is 0 Å². The molecule has 0 aromatic rings. The van der Waals surface area contributed by atoms with E-state index >= 15 is 0 Å². The van der Waals surface area contributed by atoms with Crippen LogP contribution in [0.25, 0.3) is 0 Å². The first-order chi connectivity index (χ1) is 16.6.